The lowest BCUT2D eigenvalue weighted by molar-refractivity contribution is -0.132. The Morgan fingerprint density at radius 3 is 2.95 bits per heavy atom. The maximum absolute atomic E-state index is 13.3. The minimum Gasteiger partial charge on any atom is -0.496 e. The van der Waals surface area contributed by atoms with E-state index in [0.29, 0.717) is 11.3 Å². The van der Waals surface area contributed by atoms with Gasteiger partial charge >= 0.3 is 0 Å². The van der Waals surface area contributed by atoms with Crippen molar-refractivity contribution in [1.29, 1.82) is 0 Å². The maximum atomic E-state index is 13.3. The van der Waals surface area contributed by atoms with Crippen LogP contribution in [0.25, 0.3) is 0 Å². The van der Waals surface area contributed by atoms with Gasteiger partial charge in [-0.05, 0) is 18.2 Å². The molecule has 20 heavy (non-hydrogen) atoms. The molecule has 1 N–H and O–H groups in total. The molecular formula is C14H17F2NO3. The zero-order valence-electron chi connectivity index (χ0n) is 11.2. The zero-order valence-corrected chi connectivity index (χ0v) is 11.2. The molecule has 1 saturated heterocycles. The van der Waals surface area contributed by atoms with Crippen LogP contribution in [0, 0.1) is 5.82 Å². The van der Waals surface area contributed by atoms with Gasteiger partial charge in [0.1, 0.15) is 17.7 Å². The number of aliphatic hydroxyl groups excluding tert-OH is 1. The van der Waals surface area contributed by atoms with Crippen LogP contribution in [0.15, 0.2) is 18.2 Å². The molecule has 1 heterocycles. The first-order valence-electron chi connectivity index (χ1n) is 6.42. The summed E-state index contributed by atoms with van der Waals surface area (Å²) >= 11 is 0. The third-order valence-electron chi connectivity index (χ3n) is 3.48. The van der Waals surface area contributed by atoms with Crippen LogP contribution in [0.1, 0.15) is 12.0 Å². The highest BCUT2D eigenvalue weighted by Crippen LogP contribution is 2.24. The third-order valence-corrected chi connectivity index (χ3v) is 3.48. The van der Waals surface area contributed by atoms with E-state index in [0.717, 1.165) is 0 Å². The number of benzene rings is 1. The smallest absolute Gasteiger partial charge is 0.227 e. The highest BCUT2D eigenvalue weighted by atomic mass is 19.1. The molecule has 1 aromatic rings. The van der Waals surface area contributed by atoms with E-state index in [2.05, 4.69) is 0 Å². The molecule has 6 heteroatoms. The lowest BCUT2D eigenvalue weighted by Gasteiger charge is -2.23. The first-order chi connectivity index (χ1) is 9.55. The average Bonchev–Trinajstić information content (AvgIpc) is 2.80. The van der Waals surface area contributed by atoms with Crippen LogP contribution >= 0.6 is 0 Å². The van der Waals surface area contributed by atoms with Gasteiger partial charge in [0.2, 0.25) is 5.91 Å². The summed E-state index contributed by atoms with van der Waals surface area (Å²) in [5.74, 6) is -0.388. The second kappa shape index (κ2) is 6.17. The number of ether oxygens (including phenoxy) is 1. The molecule has 2 rings (SSSR count). The summed E-state index contributed by atoms with van der Waals surface area (Å²) in [6, 6.07) is 3.42. The molecular weight excluding hydrogens is 268 g/mol. The number of carbonyl (C=O) groups is 1. The third kappa shape index (κ3) is 3.07. The Morgan fingerprint density at radius 1 is 1.55 bits per heavy atom. The molecule has 2 atom stereocenters. The molecule has 0 saturated carbocycles. The van der Waals surface area contributed by atoms with Crippen LogP contribution < -0.4 is 4.74 Å². The number of methoxy groups -OCH3 is 1. The second-order valence-corrected chi connectivity index (χ2v) is 4.85. The first kappa shape index (κ1) is 14.7. The summed E-state index contributed by atoms with van der Waals surface area (Å²) in [6.45, 7) is -0.297. The van der Waals surface area contributed by atoms with Gasteiger partial charge in [0.15, 0.2) is 0 Å². The first-order valence-corrected chi connectivity index (χ1v) is 6.42. The standard InChI is InChI=1S/C14H17F2NO3/c1-20-13-3-2-10(15)4-9(13)5-14(19)17-7-11(16)6-12(17)8-18/h2-4,11-12,18H,5-8H2,1H3/t11-,12-/m0/s1. The van der Waals surface area contributed by atoms with Gasteiger partial charge in [0, 0.05) is 12.0 Å². The van der Waals surface area contributed by atoms with Gasteiger partial charge in [-0.3, -0.25) is 4.79 Å². The number of rotatable bonds is 4. The maximum Gasteiger partial charge on any atom is 0.227 e. The minimum absolute atomic E-state index is 0.0261. The molecule has 4 nitrogen and oxygen atoms in total. The number of alkyl halides is 1. The number of halogens is 2. The highest BCUT2D eigenvalue weighted by molar-refractivity contribution is 5.80. The number of carbonyl (C=O) groups excluding carboxylic acids is 1. The van der Waals surface area contributed by atoms with E-state index in [4.69, 9.17) is 9.84 Å². The second-order valence-electron chi connectivity index (χ2n) is 4.85. The zero-order chi connectivity index (χ0) is 14.7. The Kier molecular flexibility index (Phi) is 4.54. The van der Waals surface area contributed by atoms with E-state index < -0.39 is 18.0 Å². The van der Waals surface area contributed by atoms with Crippen molar-refractivity contribution in [3.63, 3.8) is 0 Å². The van der Waals surface area contributed by atoms with Gasteiger partial charge in [-0.25, -0.2) is 8.78 Å². The number of likely N-dealkylation sites (tertiary alicyclic amines) is 1. The number of nitrogens with zero attached hydrogens (tertiary/aromatic N) is 1. The Hall–Kier alpha value is -1.69. The summed E-state index contributed by atoms with van der Waals surface area (Å²) in [5, 5.41) is 9.17. The molecule has 0 unspecified atom stereocenters. The number of hydrogen-bond acceptors (Lipinski definition) is 3. The number of hydrogen-bond donors (Lipinski definition) is 1. The van der Waals surface area contributed by atoms with Crippen molar-refractivity contribution in [1.82, 2.24) is 4.90 Å². The highest BCUT2D eigenvalue weighted by Gasteiger charge is 2.34. The van der Waals surface area contributed by atoms with Gasteiger partial charge < -0.3 is 14.7 Å². The normalized spacial score (nSPS) is 22.1. The lowest BCUT2D eigenvalue weighted by Crippen LogP contribution is -2.38. The predicted octanol–water partition coefficient (Wildman–Crippen LogP) is 1.31. The lowest BCUT2D eigenvalue weighted by atomic mass is 10.1. The van der Waals surface area contributed by atoms with Gasteiger partial charge in [-0.15, -0.1) is 0 Å². The molecule has 0 bridgehead atoms. The van der Waals surface area contributed by atoms with Crippen molar-refractivity contribution in [3.8, 4) is 5.75 Å². The summed E-state index contributed by atoms with van der Waals surface area (Å²) in [4.78, 5) is 13.5. The van der Waals surface area contributed by atoms with Crippen LogP contribution in [-0.4, -0.2) is 48.4 Å². The van der Waals surface area contributed by atoms with E-state index in [-0.39, 0.29) is 31.9 Å². The van der Waals surface area contributed by atoms with Crippen LogP contribution in [0.4, 0.5) is 8.78 Å². The van der Waals surface area contributed by atoms with Crippen molar-refractivity contribution in [2.24, 2.45) is 0 Å². The predicted molar refractivity (Wildman–Crippen MR) is 68.8 cm³/mol. The Bertz CT molecular complexity index is 495. The van der Waals surface area contributed by atoms with Crippen LogP contribution in [-0.2, 0) is 11.2 Å². The van der Waals surface area contributed by atoms with E-state index in [1.807, 2.05) is 0 Å². The van der Waals surface area contributed by atoms with Crippen molar-refractivity contribution >= 4 is 5.91 Å². The summed E-state index contributed by atoms with van der Waals surface area (Å²) < 4.78 is 31.6. The largest absolute Gasteiger partial charge is 0.496 e. The number of aliphatic hydroxyl groups is 1. The number of amides is 1. The van der Waals surface area contributed by atoms with E-state index in [1.165, 1.54) is 30.2 Å². The van der Waals surface area contributed by atoms with Crippen LogP contribution in [0.3, 0.4) is 0 Å². The Labute approximate surface area is 116 Å². The molecule has 0 spiro atoms. The molecule has 1 fully saturated rings. The monoisotopic (exact) mass is 285 g/mol. The summed E-state index contributed by atoms with van der Waals surface area (Å²) in [6.07, 6.45) is -1.06. The van der Waals surface area contributed by atoms with Crippen molar-refractivity contribution in [2.45, 2.75) is 25.1 Å². The molecule has 1 aliphatic rings. The average molecular weight is 285 g/mol. The fourth-order valence-electron chi connectivity index (χ4n) is 2.49. The van der Waals surface area contributed by atoms with Crippen molar-refractivity contribution < 1.29 is 23.4 Å². The van der Waals surface area contributed by atoms with E-state index >= 15 is 0 Å². The summed E-state index contributed by atoms with van der Waals surface area (Å²) in [7, 11) is 1.44. The van der Waals surface area contributed by atoms with Gasteiger partial charge in [-0.2, -0.15) is 0 Å². The van der Waals surface area contributed by atoms with Crippen LogP contribution in [0.2, 0.25) is 0 Å². The van der Waals surface area contributed by atoms with Gasteiger partial charge in [-0.1, -0.05) is 0 Å². The van der Waals surface area contributed by atoms with E-state index in [9.17, 15) is 13.6 Å². The molecule has 0 aliphatic carbocycles. The molecule has 110 valence electrons. The van der Waals surface area contributed by atoms with E-state index in [1.54, 1.807) is 0 Å². The fraction of sp³-hybridized carbons (Fsp3) is 0.500. The SMILES string of the molecule is COc1ccc(F)cc1CC(=O)N1C[C@@H](F)C[C@H]1CO. The Morgan fingerprint density at radius 2 is 2.30 bits per heavy atom. The molecule has 0 aromatic heterocycles. The molecule has 0 radical (unpaired) electrons. The molecule has 1 aliphatic heterocycles. The topological polar surface area (TPSA) is 49.8 Å². The van der Waals surface area contributed by atoms with Crippen LogP contribution in [0.5, 0.6) is 5.75 Å². The Balaban J connectivity index is 2.13. The van der Waals surface area contributed by atoms with Gasteiger partial charge in [0.05, 0.1) is 32.7 Å². The summed E-state index contributed by atoms with van der Waals surface area (Å²) in [5.41, 5.74) is 0.413. The fourth-order valence-corrected chi connectivity index (χ4v) is 2.49. The molecule has 1 aromatic carbocycles. The van der Waals surface area contributed by atoms with Crippen molar-refractivity contribution in [2.75, 3.05) is 20.3 Å². The molecule has 1 amide bonds. The van der Waals surface area contributed by atoms with Crippen molar-refractivity contribution in [3.05, 3.63) is 29.6 Å². The van der Waals surface area contributed by atoms with Gasteiger partial charge in [0.25, 0.3) is 0 Å². The minimum atomic E-state index is -1.12. The quantitative estimate of drug-likeness (QED) is 0.907.